The zero-order valence-corrected chi connectivity index (χ0v) is 11.0. The molecule has 0 aromatic heterocycles. The quantitative estimate of drug-likeness (QED) is 0.823. The molecule has 0 spiro atoms. The third-order valence-corrected chi connectivity index (χ3v) is 3.28. The van der Waals surface area contributed by atoms with E-state index in [1.54, 1.807) is 23.1 Å². The van der Waals surface area contributed by atoms with Gasteiger partial charge in [0.05, 0.1) is 20.3 Å². The molecule has 1 aliphatic rings. The molecule has 1 aromatic carbocycles. The minimum absolute atomic E-state index is 0.174. The van der Waals surface area contributed by atoms with Crippen molar-refractivity contribution in [1.82, 2.24) is 4.90 Å². The Labute approximate surface area is 112 Å². The second-order valence-corrected chi connectivity index (χ2v) is 4.34. The molecule has 1 amide bonds. The first-order chi connectivity index (χ1) is 9.21. The number of rotatable bonds is 4. The van der Waals surface area contributed by atoms with Gasteiger partial charge in [-0.1, -0.05) is 0 Å². The minimum Gasteiger partial charge on any atom is -0.493 e. The molecule has 1 aromatic rings. The molecule has 0 saturated carbocycles. The second-order valence-electron chi connectivity index (χ2n) is 4.34. The van der Waals surface area contributed by atoms with E-state index in [9.17, 15) is 9.59 Å². The van der Waals surface area contributed by atoms with Crippen LogP contribution in [0.4, 0.5) is 0 Å². The number of hydrogen-bond donors (Lipinski definition) is 0. The Bertz CT molecular complexity index is 486. The monoisotopic (exact) mass is 262 g/mol. The van der Waals surface area contributed by atoms with Crippen LogP contribution in [0.1, 0.15) is 23.2 Å². The summed E-state index contributed by atoms with van der Waals surface area (Å²) in [6, 6.07) is 4.55. The maximum atomic E-state index is 12.3. The predicted molar refractivity (Wildman–Crippen MR) is 69.3 cm³/mol. The van der Waals surface area contributed by atoms with Gasteiger partial charge in [-0.05, 0) is 31.0 Å². The molecule has 0 bridgehead atoms. The first-order valence-corrected chi connectivity index (χ1v) is 6.12. The van der Waals surface area contributed by atoms with Crippen LogP contribution >= 0.6 is 0 Å². The highest BCUT2D eigenvalue weighted by Crippen LogP contribution is 2.29. The first-order valence-electron chi connectivity index (χ1n) is 6.12. The summed E-state index contributed by atoms with van der Waals surface area (Å²) in [6.07, 6.45) is 3.43. The molecule has 5 heteroatoms. The highest BCUT2D eigenvalue weighted by molar-refractivity contribution is 5.96. The van der Waals surface area contributed by atoms with Gasteiger partial charge in [0, 0.05) is 12.1 Å². The van der Waals surface area contributed by atoms with Crippen LogP contribution in [0.5, 0.6) is 11.5 Å². The standard InChI is InChI=1S/C14H16NO4/c1-18-12-6-5-10(8-13(12)19-2)14(17)15-7-3-4-11(15)9-16/h5-6,8,11H,3-4,7H2,1-2H3/t11-/m0/s1. The van der Waals surface area contributed by atoms with E-state index in [2.05, 4.69) is 0 Å². The first kappa shape index (κ1) is 13.4. The van der Waals surface area contributed by atoms with Crippen LogP contribution in [0.15, 0.2) is 18.2 Å². The molecule has 1 heterocycles. The summed E-state index contributed by atoms with van der Waals surface area (Å²) in [6.45, 7) is 0.590. The van der Waals surface area contributed by atoms with E-state index in [0.29, 0.717) is 30.0 Å². The van der Waals surface area contributed by atoms with Crippen molar-refractivity contribution in [3.8, 4) is 11.5 Å². The van der Waals surface area contributed by atoms with Gasteiger partial charge in [-0.15, -0.1) is 0 Å². The van der Waals surface area contributed by atoms with Crippen LogP contribution in [0.3, 0.4) is 0 Å². The Morgan fingerprint density at radius 1 is 1.32 bits per heavy atom. The van der Waals surface area contributed by atoms with Gasteiger partial charge < -0.3 is 14.4 Å². The number of carbonyl (C=O) groups excluding carboxylic acids is 2. The van der Waals surface area contributed by atoms with E-state index >= 15 is 0 Å². The van der Waals surface area contributed by atoms with Crippen LogP contribution in [0.25, 0.3) is 0 Å². The fraction of sp³-hybridized carbons (Fsp3) is 0.429. The highest BCUT2D eigenvalue weighted by Gasteiger charge is 2.30. The fourth-order valence-electron chi connectivity index (χ4n) is 2.27. The molecule has 1 saturated heterocycles. The highest BCUT2D eigenvalue weighted by atomic mass is 16.5. The van der Waals surface area contributed by atoms with E-state index in [-0.39, 0.29) is 5.91 Å². The van der Waals surface area contributed by atoms with Gasteiger partial charge in [-0.2, -0.15) is 0 Å². The van der Waals surface area contributed by atoms with E-state index in [1.807, 2.05) is 6.29 Å². The Hall–Kier alpha value is -2.04. The lowest BCUT2D eigenvalue weighted by Gasteiger charge is -2.20. The number of nitrogens with zero attached hydrogens (tertiary/aromatic N) is 1. The maximum Gasteiger partial charge on any atom is 0.254 e. The Balaban J connectivity index is 2.26. The second kappa shape index (κ2) is 5.73. The summed E-state index contributed by atoms with van der Waals surface area (Å²) in [7, 11) is 3.06. The Kier molecular flexibility index (Phi) is 4.04. The lowest BCUT2D eigenvalue weighted by atomic mass is 10.1. The number of hydrogen-bond acceptors (Lipinski definition) is 4. The van der Waals surface area contributed by atoms with Gasteiger partial charge in [0.15, 0.2) is 11.5 Å². The summed E-state index contributed by atoms with van der Waals surface area (Å²) in [5, 5.41) is 0. The summed E-state index contributed by atoms with van der Waals surface area (Å²) in [4.78, 5) is 24.7. The van der Waals surface area contributed by atoms with Crippen molar-refractivity contribution in [3.05, 3.63) is 23.8 Å². The van der Waals surface area contributed by atoms with Crippen molar-refractivity contribution in [2.24, 2.45) is 0 Å². The molecular formula is C14H16NO4. The van der Waals surface area contributed by atoms with Gasteiger partial charge in [0.25, 0.3) is 5.91 Å². The number of benzene rings is 1. The van der Waals surface area contributed by atoms with Crippen molar-refractivity contribution in [1.29, 1.82) is 0 Å². The molecule has 0 N–H and O–H groups in total. The Morgan fingerprint density at radius 3 is 2.68 bits per heavy atom. The van der Waals surface area contributed by atoms with Crippen molar-refractivity contribution in [2.75, 3.05) is 20.8 Å². The fourth-order valence-corrected chi connectivity index (χ4v) is 2.27. The molecule has 19 heavy (non-hydrogen) atoms. The van der Waals surface area contributed by atoms with Crippen molar-refractivity contribution >= 4 is 12.2 Å². The summed E-state index contributed by atoms with van der Waals surface area (Å²) >= 11 is 0. The summed E-state index contributed by atoms with van der Waals surface area (Å²) in [5.41, 5.74) is 0.486. The van der Waals surface area contributed by atoms with Crippen LogP contribution < -0.4 is 9.47 Å². The van der Waals surface area contributed by atoms with E-state index in [0.717, 1.165) is 6.42 Å². The molecular weight excluding hydrogens is 246 g/mol. The van der Waals surface area contributed by atoms with Gasteiger partial charge in [-0.25, -0.2) is 0 Å². The topological polar surface area (TPSA) is 55.8 Å². The number of methoxy groups -OCH3 is 2. The van der Waals surface area contributed by atoms with E-state index in [1.165, 1.54) is 14.2 Å². The summed E-state index contributed by atoms with van der Waals surface area (Å²) in [5.74, 6) is 0.893. The normalized spacial score (nSPS) is 18.2. The molecule has 1 radical (unpaired) electrons. The number of ether oxygens (including phenoxy) is 2. The molecule has 101 valence electrons. The van der Waals surface area contributed by atoms with Crippen LogP contribution in [0, 0.1) is 0 Å². The lowest BCUT2D eigenvalue weighted by molar-refractivity contribution is 0.0768. The number of carbonyl (C=O) groups is 1. The largest absolute Gasteiger partial charge is 0.493 e. The lowest BCUT2D eigenvalue weighted by Crippen LogP contribution is -2.36. The van der Waals surface area contributed by atoms with Gasteiger partial charge in [0.1, 0.15) is 0 Å². The smallest absolute Gasteiger partial charge is 0.254 e. The number of amides is 1. The van der Waals surface area contributed by atoms with Crippen molar-refractivity contribution in [3.63, 3.8) is 0 Å². The molecule has 0 unspecified atom stereocenters. The predicted octanol–water partition coefficient (Wildman–Crippen LogP) is 1.42. The minimum atomic E-state index is -0.430. The van der Waals surface area contributed by atoms with E-state index < -0.39 is 6.04 Å². The molecule has 1 aliphatic heterocycles. The zero-order chi connectivity index (χ0) is 13.8. The van der Waals surface area contributed by atoms with Crippen molar-refractivity contribution < 1.29 is 19.1 Å². The van der Waals surface area contributed by atoms with Crippen LogP contribution in [-0.2, 0) is 4.79 Å². The average Bonchev–Trinajstić information content (AvgIpc) is 2.94. The van der Waals surface area contributed by atoms with Gasteiger partial charge in [0.2, 0.25) is 6.29 Å². The molecule has 1 fully saturated rings. The SMILES string of the molecule is COc1ccc(C(=O)N2CCC[C@H]2[C]=O)cc1OC. The molecule has 1 atom stereocenters. The molecule has 5 nitrogen and oxygen atoms in total. The third-order valence-electron chi connectivity index (χ3n) is 3.28. The molecule has 0 aliphatic carbocycles. The zero-order valence-electron chi connectivity index (χ0n) is 11.0. The molecule has 2 rings (SSSR count). The van der Waals surface area contributed by atoms with E-state index in [4.69, 9.17) is 9.47 Å². The number of likely N-dealkylation sites (tertiary alicyclic amines) is 1. The van der Waals surface area contributed by atoms with Gasteiger partial charge >= 0.3 is 0 Å². The van der Waals surface area contributed by atoms with Gasteiger partial charge in [-0.3, -0.25) is 9.59 Å². The van der Waals surface area contributed by atoms with Crippen LogP contribution in [-0.4, -0.2) is 43.9 Å². The Morgan fingerprint density at radius 2 is 2.05 bits per heavy atom. The average molecular weight is 262 g/mol. The van der Waals surface area contributed by atoms with Crippen LogP contribution in [0.2, 0.25) is 0 Å². The maximum absolute atomic E-state index is 12.3. The van der Waals surface area contributed by atoms with Crippen molar-refractivity contribution in [2.45, 2.75) is 18.9 Å². The third kappa shape index (κ3) is 2.54. The summed E-state index contributed by atoms with van der Waals surface area (Å²) < 4.78 is 10.3.